The highest BCUT2D eigenvalue weighted by atomic mass is 16.5. The van der Waals surface area contributed by atoms with Gasteiger partial charge in [-0.3, -0.25) is 10.1 Å². The van der Waals surface area contributed by atoms with Gasteiger partial charge in [0.25, 0.3) is 0 Å². The van der Waals surface area contributed by atoms with Crippen molar-refractivity contribution in [3.63, 3.8) is 0 Å². The maximum Gasteiger partial charge on any atom is 0.411 e. The van der Waals surface area contributed by atoms with Gasteiger partial charge in [-0.15, -0.1) is 0 Å². The van der Waals surface area contributed by atoms with Crippen molar-refractivity contribution in [3.8, 4) is 0 Å². The Kier molecular flexibility index (Phi) is 4.95. The lowest BCUT2D eigenvalue weighted by Gasteiger charge is -2.26. The quantitative estimate of drug-likeness (QED) is 0.767. The topological polar surface area (TPSA) is 79.5 Å². The molecule has 108 valence electrons. The Morgan fingerprint density at radius 3 is 2.30 bits per heavy atom. The van der Waals surface area contributed by atoms with Crippen LogP contribution < -0.4 is 16.0 Å². The third kappa shape index (κ3) is 4.24. The van der Waals surface area contributed by atoms with Gasteiger partial charge in [-0.2, -0.15) is 0 Å². The Morgan fingerprint density at radius 1 is 1.20 bits per heavy atom. The van der Waals surface area contributed by atoms with Gasteiger partial charge in [-0.05, 0) is 50.2 Å². The van der Waals surface area contributed by atoms with E-state index in [1.807, 2.05) is 0 Å². The molecule has 0 saturated carbocycles. The highest BCUT2D eigenvalue weighted by molar-refractivity contribution is 5.91. The fourth-order valence-electron chi connectivity index (χ4n) is 1.89. The predicted molar refractivity (Wildman–Crippen MR) is 76.7 cm³/mol. The molecule has 2 amide bonds. The van der Waals surface area contributed by atoms with Crippen LogP contribution in [0.5, 0.6) is 0 Å². The second-order valence-corrected chi connectivity index (χ2v) is 4.70. The van der Waals surface area contributed by atoms with Crippen LogP contribution in [0.1, 0.15) is 13.3 Å². The van der Waals surface area contributed by atoms with E-state index in [1.165, 1.54) is 0 Å². The Labute approximate surface area is 117 Å². The lowest BCUT2D eigenvalue weighted by Crippen LogP contribution is -2.43. The molecule has 1 saturated heterocycles. The number of nitrogens with one attached hydrogen (secondary N) is 3. The number of ether oxygens (including phenoxy) is 1. The van der Waals surface area contributed by atoms with Gasteiger partial charge >= 0.3 is 6.09 Å². The van der Waals surface area contributed by atoms with Gasteiger partial charge < -0.3 is 15.4 Å². The number of amides is 2. The molecule has 1 aromatic carbocycles. The Balaban J connectivity index is 1.81. The van der Waals surface area contributed by atoms with Crippen LogP contribution in [-0.4, -0.2) is 31.7 Å². The van der Waals surface area contributed by atoms with Gasteiger partial charge in [0.2, 0.25) is 5.91 Å². The standard InChI is InChI=1S/C14H19N3O3/c1-2-20-14(19)17-12-5-3-11(4-6-12)16-13(18)7-10-8-15-9-10/h3-6,10,15H,2,7-9H2,1H3,(H,16,18)(H,17,19). The fourth-order valence-corrected chi connectivity index (χ4v) is 1.89. The van der Waals surface area contributed by atoms with Gasteiger partial charge in [0.05, 0.1) is 6.61 Å². The molecule has 1 heterocycles. The SMILES string of the molecule is CCOC(=O)Nc1ccc(NC(=O)CC2CNC2)cc1. The van der Waals surface area contributed by atoms with E-state index in [-0.39, 0.29) is 5.91 Å². The van der Waals surface area contributed by atoms with Gasteiger partial charge in [0.1, 0.15) is 0 Å². The normalized spacial score (nSPS) is 14.2. The summed E-state index contributed by atoms with van der Waals surface area (Å²) in [6.45, 7) is 3.90. The molecule has 0 radical (unpaired) electrons. The molecule has 3 N–H and O–H groups in total. The van der Waals surface area contributed by atoms with Crippen molar-refractivity contribution >= 4 is 23.4 Å². The van der Waals surface area contributed by atoms with Gasteiger partial charge in [-0.1, -0.05) is 0 Å². The molecular weight excluding hydrogens is 258 g/mol. The van der Waals surface area contributed by atoms with Crippen LogP contribution in [0, 0.1) is 5.92 Å². The lowest BCUT2D eigenvalue weighted by atomic mass is 9.99. The van der Waals surface area contributed by atoms with Crippen LogP contribution in [-0.2, 0) is 9.53 Å². The summed E-state index contributed by atoms with van der Waals surface area (Å²) in [6, 6.07) is 6.94. The summed E-state index contributed by atoms with van der Waals surface area (Å²) in [5.41, 5.74) is 1.35. The molecule has 0 atom stereocenters. The summed E-state index contributed by atoms with van der Waals surface area (Å²) in [6.07, 6.45) is 0.0531. The molecule has 0 unspecified atom stereocenters. The van der Waals surface area contributed by atoms with Gasteiger partial charge in [0, 0.05) is 17.8 Å². The maximum atomic E-state index is 11.7. The number of benzene rings is 1. The Morgan fingerprint density at radius 2 is 1.80 bits per heavy atom. The number of hydrogen-bond donors (Lipinski definition) is 3. The average molecular weight is 277 g/mol. The molecule has 1 aliphatic heterocycles. The lowest BCUT2D eigenvalue weighted by molar-refractivity contribution is -0.117. The van der Waals surface area contributed by atoms with Crippen LogP contribution in [0.15, 0.2) is 24.3 Å². The summed E-state index contributed by atoms with van der Waals surface area (Å²) in [5.74, 6) is 0.461. The van der Waals surface area contributed by atoms with Crippen LogP contribution in [0.25, 0.3) is 0 Å². The van der Waals surface area contributed by atoms with Crippen LogP contribution in [0.4, 0.5) is 16.2 Å². The zero-order valence-corrected chi connectivity index (χ0v) is 11.4. The monoisotopic (exact) mass is 277 g/mol. The smallest absolute Gasteiger partial charge is 0.411 e. The molecule has 0 bridgehead atoms. The molecule has 1 fully saturated rings. The van der Waals surface area contributed by atoms with Gasteiger partial charge in [-0.25, -0.2) is 4.79 Å². The number of rotatable bonds is 5. The molecule has 2 rings (SSSR count). The summed E-state index contributed by atoms with van der Waals surface area (Å²) in [5, 5.41) is 8.56. The minimum atomic E-state index is -0.484. The third-order valence-electron chi connectivity index (χ3n) is 3.03. The number of anilines is 2. The van der Waals surface area contributed by atoms with Crippen LogP contribution in [0.3, 0.4) is 0 Å². The van der Waals surface area contributed by atoms with E-state index < -0.39 is 6.09 Å². The minimum absolute atomic E-state index is 0.0163. The van der Waals surface area contributed by atoms with Crippen molar-refractivity contribution in [1.29, 1.82) is 0 Å². The summed E-state index contributed by atoms with van der Waals surface area (Å²) in [7, 11) is 0. The molecule has 1 aromatic rings. The van der Waals surface area contributed by atoms with Crippen molar-refractivity contribution in [2.75, 3.05) is 30.3 Å². The molecule has 1 aliphatic rings. The van der Waals surface area contributed by atoms with E-state index in [4.69, 9.17) is 4.74 Å². The zero-order chi connectivity index (χ0) is 14.4. The molecule has 0 aromatic heterocycles. The van der Waals surface area contributed by atoms with E-state index in [2.05, 4.69) is 16.0 Å². The Bertz CT molecular complexity index is 469. The van der Waals surface area contributed by atoms with Crippen molar-refractivity contribution < 1.29 is 14.3 Å². The highest BCUT2D eigenvalue weighted by Crippen LogP contribution is 2.15. The van der Waals surface area contributed by atoms with E-state index >= 15 is 0 Å². The largest absolute Gasteiger partial charge is 0.450 e. The second kappa shape index (κ2) is 6.91. The van der Waals surface area contributed by atoms with Crippen molar-refractivity contribution in [1.82, 2.24) is 5.32 Å². The van der Waals surface area contributed by atoms with Crippen molar-refractivity contribution in [2.24, 2.45) is 5.92 Å². The summed E-state index contributed by atoms with van der Waals surface area (Å²) in [4.78, 5) is 23.0. The molecule has 20 heavy (non-hydrogen) atoms. The maximum absolute atomic E-state index is 11.7. The number of hydrogen-bond acceptors (Lipinski definition) is 4. The first-order chi connectivity index (χ1) is 9.67. The van der Waals surface area contributed by atoms with Crippen molar-refractivity contribution in [3.05, 3.63) is 24.3 Å². The Hall–Kier alpha value is -2.08. The molecular formula is C14H19N3O3. The zero-order valence-electron chi connectivity index (χ0n) is 11.4. The predicted octanol–water partition coefficient (Wildman–Crippen LogP) is 1.80. The van der Waals surface area contributed by atoms with E-state index in [0.717, 1.165) is 18.8 Å². The molecule has 6 heteroatoms. The summed E-state index contributed by atoms with van der Waals surface area (Å²) >= 11 is 0. The number of carbonyl (C=O) groups is 2. The first-order valence-corrected chi connectivity index (χ1v) is 6.71. The highest BCUT2D eigenvalue weighted by Gasteiger charge is 2.19. The minimum Gasteiger partial charge on any atom is -0.450 e. The summed E-state index contributed by atoms with van der Waals surface area (Å²) < 4.78 is 4.78. The molecule has 0 aliphatic carbocycles. The van der Waals surface area contributed by atoms with Gasteiger partial charge in [0.15, 0.2) is 0 Å². The third-order valence-corrected chi connectivity index (χ3v) is 3.03. The molecule has 0 spiro atoms. The second-order valence-electron chi connectivity index (χ2n) is 4.70. The molecule has 6 nitrogen and oxygen atoms in total. The average Bonchev–Trinajstić information content (AvgIpc) is 2.37. The number of carbonyl (C=O) groups excluding carboxylic acids is 2. The van der Waals surface area contributed by atoms with E-state index in [1.54, 1.807) is 31.2 Å². The van der Waals surface area contributed by atoms with Crippen LogP contribution in [0.2, 0.25) is 0 Å². The fraction of sp³-hybridized carbons (Fsp3) is 0.429. The first kappa shape index (κ1) is 14.3. The van der Waals surface area contributed by atoms with Crippen molar-refractivity contribution in [2.45, 2.75) is 13.3 Å². The first-order valence-electron chi connectivity index (χ1n) is 6.71. The van der Waals surface area contributed by atoms with E-state index in [0.29, 0.717) is 24.6 Å². The van der Waals surface area contributed by atoms with Crippen LogP contribution >= 0.6 is 0 Å². The van der Waals surface area contributed by atoms with E-state index in [9.17, 15) is 9.59 Å².